The van der Waals surface area contributed by atoms with E-state index in [9.17, 15) is 4.79 Å². The maximum absolute atomic E-state index is 11.9. The maximum atomic E-state index is 11.9. The van der Waals surface area contributed by atoms with Crippen LogP contribution in [0.25, 0.3) is 0 Å². The van der Waals surface area contributed by atoms with E-state index >= 15 is 0 Å². The van der Waals surface area contributed by atoms with E-state index in [-0.39, 0.29) is 5.91 Å². The van der Waals surface area contributed by atoms with Crippen molar-refractivity contribution >= 4 is 5.91 Å². The Bertz CT molecular complexity index is 300. The molecule has 15 heavy (non-hydrogen) atoms. The van der Waals surface area contributed by atoms with Crippen LogP contribution in [0.2, 0.25) is 0 Å². The lowest BCUT2D eigenvalue weighted by Gasteiger charge is -2.24. The first-order valence-electron chi connectivity index (χ1n) is 5.41. The fraction of sp³-hybridized carbons (Fsp3) is 0.545. The molecule has 0 spiro atoms. The molecule has 0 bridgehead atoms. The standard InChI is InChI=1S/C11H16N2O2/c14-11(10-4-1-9-15-10)13-7-2-5-12-6-3-8-13/h1,4,9,12H,2-3,5-8H2. The van der Waals surface area contributed by atoms with E-state index in [1.807, 2.05) is 4.90 Å². The van der Waals surface area contributed by atoms with E-state index < -0.39 is 0 Å². The monoisotopic (exact) mass is 208 g/mol. The quantitative estimate of drug-likeness (QED) is 0.751. The zero-order chi connectivity index (χ0) is 10.5. The summed E-state index contributed by atoms with van der Waals surface area (Å²) >= 11 is 0. The summed E-state index contributed by atoms with van der Waals surface area (Å²) in [5, 5.41) is 3.32. The third-order valence-corrected chi connectivity index (χ3v) is 2.58. The molecule has 1 fully saturated rings. The summed E-state index contributed by atoms with van der Waals surface area (Å²) in [5.41, 5.74) is 0. The molecular formula is C11H16N2O2. The number of nitrogens with one attached hydrogen (secondary N) is 1. The first-order valence-corrected chi connectivity index (χ1v) is 5.41. The van der Waals surface area contributed by atoms with Crippen molar-refractivity contribution < 1.29 is 9.21 Å². The van der Waals surface area contributed by atoms with Gasteiger partial charge in [-0.05, 0) is 38.1 Å². The van der Waals surface area contributed by atoms with Crippen LogP contribution in [0.3, 0.4) is 0 Å². The molecule has 0 saturated carbocycles. The van der Waals surface area contributed by atoms with Crippen LogP contribution in [0.15, 0.2) is 22.8 Å². The van der Waals surface area contributed by atoms with Gasteiger partial charge in [-0.1, -0.05) is 0 Å². The molecule has 1 aliphatic rings. The van der Waals surface area contributed by atoms with Crippen LogP contribution in [-0.4, -0.2) is 37.0 Å². The zero-order valence-corrected chi connectivity index (χ0v) is 8.74. The van der Waals surface area contributed by atoms with Crippen LogP contribution in [-0.2, 0) is 0 Å². The zero-order valence-electron chi connectivity index (χ0n) is 8.74. The lowest BCUT2D eigenvalue weighted by molar-refractivity contribution is 0.0713. The molecule has 1 saturated heterocycles. The fourth-order valence-corrected chi connectivity index (χ4v) is 1.79. The van der Waals surface area contributed by atoms with Crippen molar-refractivity contribution in [2.24, 2.45) is 0 Å². The molecule has 0 aromatic carbocycles. The van der Waals surface area contributed by atoms with Gasteiger partial charge in [0.2, 0.25) is 0 Å². The molecular weight excluding hydrogens is 192 g/mol. The van der Waals surface area contributed by atoms with Gasteiger partial charge in [0.1, 0.15) is 0 Å². The molecule has 1 amide bonds. The molecule has 1 aliphatic heterocycles. The van der Waals surface area contributed by atoms with Gasteiger partial charge >= 0.3 is 0 Å². The molecule has 2 rings (SSSR count). The SMILES string of the molecule is O=C(c1ccco1)N1CCCNCCC1. The van der Waals surface area contributed by atoms with E-state index in [0.717, 1.165) is 39.0 Å². The number of hydrogen-bond donors (Lipinski definition) is 1. The van der Waals surface area contributed by atoms with Crippen LogP contribution in [0.4, 0.5) is 0 Å². The number of amides is 1. The van der Waals surface area contributed by atoms with Crippen molar-refractivity contribution in [2.45, 2.75) is 12.8 Å². The lowest BCUT2D eigenvalue weighted by Crippen LogP contribution is -2.37. The summed E-state index contributed by atoms with van der Waals surface area (Å²) in [6.07, 6.45) is 3.55. The predicted octanol–water partition coefficient (Wildman–Crippen LogP) is 1.11. The van der Waals surface area contributed by atoms with Crippen molar-refractivity contribution in [2.75, 3.05) is 26.2 Å². The number of carbonyl (C=O) groups excluding carboxylic acids is 1. The summed E-state index contributed by atoms with van der Waals surface area (Å²) in [7, 11) is 0. The van der Waals surface area contributed by atoms with E-state index in [1.165, 1.54) is 0 Å². The summed E-state index contributed by atoms with van der Waals surface area (Å²) in [6, 6.07) is 3.47. The normalized spacial score (nSPS) is 18.3. The van der Waals surface area contributed by atoms with Crippen LogP contribution < -0.4 is 5.32 Å². The highest BCUT2D eigenvalue weighted by Gasteiger charge is 2.18. The van der Waals surface area contributed by atoms with Gasteiger partial charge in [-0.2, -0.15) is 0 Å². The third kappa shape index (κ3) is 2.59. The molecule has 4 nitrogen and oxygen atoms in total. The van der Waals surface area contributed by atoms with E-state index in [0.29, 0.717) is 5.76 Å². The van der Waals surface area contributed by atoms with Crippen molar-refractivity contribution in [1.82, 2.24) is 10.2 Å². The first-order chi connectivity index (χ1) is 7.38. The number of hydrogen-bond acceptors (Lipinski definition) is 3. The Kier molecular flexibility index (Phi) is 3.40. The van der Waals surface area contributed by atoms with Crippen molar-refractivity contribution in [1.29, 1.82) is 0 Å². The molecule has 0 atom stereocenters. The molecule has 0 radical (unpaired) electrons. The molecule has 2 heterocycles. The minimum atomic E-state index is 0.0156. The summed E-state index contributed by atoms with van der Waals surface area (Å²) < 4.78 is 5.11. The second-order valence-corrected chi connectivity index (χ2v) is 3.73. The second-order valence-electron chi connectivity index (χ2n) is 3.73. The summed E-state index contributed by atoms with van der Waals surface area (Å²) in [6.45, 7) is 3.60. The molecule has 1 N–H and O–H groups in total. The van der Waals surface area contributed by atoms with Crippen LogP contribution >= 0.6 is 0 Å². The number of rotatable bonds is 1. The minimum absolute atomic E-state index is 0.0156. The second kappa shape index (κ2) is 4.98. The highest BCUT2D eigenvalue weighted by atomic mass is 16.3. The summed E-state index contributed by atoms with van der Waals surface area (Å²) in [4.78, 5) is 13.8. The van der Waals surface area contributed by atoms with E-state index in [4.69, 9.17) is 4.42 Å². The minimum Gasteiger partial charge on any atom is -0.459 e. The lowest BCUT2D eigenvalue weighted by atomic mass is 10.2. The molecule has 0 aliphatic carbocycles. The average Bonchev–Trinajstić information content (AvgIpc) is 2.68. The molecule has 82 valence electrons. The number of nitrogens with zero attached hydrogens (tertiary/aromatic N) is 1. The Morgan fingerprint density at radius 3 is 2.67 bits per heavy atom. The van der Waals surface area contributed by atoms with Crippen molar-refractivity contribution in [3.05, 3.63) is 24.2 Å². The summed E-state index contributed by atoms with van der Waals surface area (Å²) in [5.74, 6) is 0.463. The number of carbonyl (C=O) groups is 1. The van der Waals surface area contributed by atoms with Crippen LogP contribution in [0.5, 0.6) is 0 Å². The third-order valence-electron chi connectivity index (χ3n) is 2.58. The van der Waals surface area contributed by atoms with Gasteiger partial charge in [0.15, 0.2) is 5.76 Å². The topological polar surface area (TPSA) is 45.5 Å². The number of furan rings is 1. The molecule has 1 aromatic heterocycles. The van der Waals surface area contributed by atoms with Gasteiger partial charge in [-0.15, -0.1) is 0 Å². The smallest absolute Gasteiger partial charge is 0.289 e. The Morgan fingerprint density at radius 2 is 2.07 bits per heavy atom. The molecule has 1 aromatic rings. The van der Waals surface area contributed by atoms with Gasteiger partial charge in [0, 0.05) is 13.1 Å². The van der Waals surface area contributed by atoms with E-state index in [1.54, 1.807) is 18.4 Å². The molecule has 0 unspecified atom stereocenters. The Morgan fingerprint density at radius 1 is 1.33 bits per heavy atom. The fourth-order valence-electron chi connectivity index (χ4n) is 1.79. The average molecular weight is 208 g/mol. The van der Waals surface area contributed by atoms with Gasteiger partial charge in [-0.3, -0.25) is 4.79 Å². The van der Waals surface area contributed by atoms with Gasteiger partial charge in [0.05, 0.1) is 6.26 Å². The predicted molar refractivity (Wildman–Crippen MR) is 56.7 cm³/mol. The molecule has 4 heteroatoms. The van der Waals surface area contributed by atoms with Gasteiger partial charge < -0.3 is 14.6 Å². The van der Waals surface area contributed by atoms with Gasteiger partial charge in [0.25, 0.3) is 5.91 Å². The largest absolute Gasteiger partial charge is 0.459 e. The van der Waals surface area contributed by atoms with Crippen molar-refractivity contribution in [3.8, 4) is 0 Å². The van der Waals surface area contributed by atoms with Crippen LogP contribution in [0, 0.1) is 0 Å². The Balaban J connectivity index is 1.98. The van der Waals surface area contributed by atoms with Crippen molar-refractivity contribution in [3.63, 3.8) is 0 Å². The van der Waals surface area contributed by atoms with Gasteiger partial charge in [-0.25, -0.2) is 0 Å². The van der Waals surface area contributed by atoms with E-state index in [2.05, 4.69) is 5.32 Å². The van der Waals surface area contributed by atoms with Crippen LogP contribution in [0.1, 0.15) is 23.4 Å². The maximum Gasteiger partial charge on any atom is 0.289 e. The highest BCUT2D eigenvalue weighted by Crippen LogP contribution is 2.07. The Hall–Kier alpha value is -1.29. The first kappa shape index (κ1) is 10.2. The highest BCUT2D eigenvalue weighted by molar-refractivity contribution is 5.91. The Labute approximate surface area is 89.2 Å².